The lowest BCUT2D eigenvalue weighted by Gasteiger charge is -2.28. The maximum Gasteiger partial charge on any atom is 0.316 e. The van der Waals surface area contributed by atoms with Crippen molar-refractivity contribution in [3.63, 3.8) is 0 Å². The fourth-order valence-corrected chi connectivity index (χ4v) is 4.26. The molecule has 2 unspecified atom stereocenters. The molecule has 3 heterocycles. The van der Waals surface area contributed by atoms with Crippen LogP contribution < -0.4 is 5.56 Å². The molecule has 0 amide bonds. The number of carbonyl (C=O) groups is 1. The molecular weight excluding hydrogens is 408 g/mol. The normalized spacial score (nSPS) is 14.7. The molecule has 32 heavy (non-hydrogen) atoms. The minimum absolute atomic E-state index is 0.0921. The smallest absolute Gasteiger partial charge is 0.316 e. The number of fused-ring (bicyclic) bond motifs is 4. The number of aliphatic hydroxyl groups excluding tert-OH is 2. The summed E-state index contributed by atoms with van der Waals surface area (Å²) in [6.45, 7) is 6.78. The van der Waals surface area contributed by atoms with Gasteiger partial charge in [0.1, 0.15) is 11.5 Å². The summed E-state index contributed by atoms with van der Waals surface area (Å²) in [7, 11) is 0. The van der Waals surface area contributed by atoms with Gasteiger partial charge in [0, 0.05) is 16.5 Å². The quantitative estimate of drug-likeness (QED) is 0.466. The first-order chi connectivity index (χ1) is 15.1. The van der Waals surface area contributed by atoms with Crippen molar-refractivity contribution in [3.8, 4) is 11.4 Å². The average Bonchev–Trinajstić information content (AvgIpc) is 3.09. The van der Waals surface area contributed by atoms with Crippen LogP contribution in [0.15, 0.2) is 41.2 Å². The number of ether oxygens (including phenoxy) is 1. The molecule has 2 atom stereocenters. The molecule has 2 aromatic heterocycles. The van der Waals surface area contributed by atoms with Gasteiger partial charge in [-0.25, -0.2) is 4.98 Å². The third-order valence-corrected chi connectivity index (χ3v) is 5.77. The third-order valence-electron chi connectivity index (χ3n) is 5.77. The van der Waals surface area contributed by atoms with Crippen LogP contribution in [-0.4, -0.2) is 37.4 Å². The van der Waals surface area contributed by atoms with Crippen LogP contribution in [0.25, 0.3) is 22.3 Å². The molecule has 0 saturated heterocycles. The van der Waals surface area contributed by atoms with E-state index in [2.05, 4.69) is 0 Å². The molecule has 1 aliphatic heterocycles. The van der Waals surface area contributed by atoms with E-state index in [0.29, 0.717) is 17.9 Å². The highest BCUT2D eigenvalue weighted by atomic mass is 16.6. The predicted octanol–water partition coefficient (Wildman–Crippen LogP) is 3.11. The molecule has 7 nitrogen and oxygen atoms in total. The van der Waals surface area contributed by atoms with E-state index in [0.717, 1.165) is 16.5 Å². The van der Waals surface area contributed by atoms with Crippen molar-refractivity contribution in [3.05, 3.63) is 63.4 Å². The van der Waals surface area contributed by atoms with E-state index < -0.39 is 30.2 Å². The molecule has 0 bridgehead atoms. The van der Waals surface area contributed by atoms with Gasteiger partial charge in [-0.2, -0.15) is 0 Å². The molecule has 2 N–H and O–H groups in total. The van der Waals surface area contributed by atoms with Crippen molar-refractivity contribution in [1.29, 1.82) is 0 Å². The Hall–Kier alpha value is -3.03. The van der Waals surface area contributed by atoms with Crippen LogP contribution in [0.5, 0.6) is 0 Å². The van der Waals surface area contributed by atoms with Gasteiger partial charge in [-0.15, -0.1) is 0 Å². The van der Waals surface area contributed by atoms with Gasteiger partial charge in [0.2, 0.25) is 0 Å². The molecule has 0 aliphatic carbocycles. The van der Waals surface area contributed by atoms with Crippen LogP contribution in [0.1, 0.15) is 56.7 Å². The number of rotatable bonds is 5. The Kier molecular flexibility index (Phi) is 5.65. The number of pyridine rings is 2. The Labute approximate surface area is 186 Å². The second-order valence-corrected chi connectivity index (χ2v) is 9.19. The first kappa shape index (κ1) is 22.2. The molecule has 4 rings (SSSR count). The van der Waals surface area contributed by atoms with Gasteiger partial charge >= 0.3 is 5.97 Å². The summed E-state index contributed by atoms with van der Waals surface area (Å²) < 4.78 is 7.12. The summed E-state index contributed by atoms with van der Waals surface area (Å²) in [5, 5.41) is 21.8. The van der Waals surface area contributed by atoms with E-state index >= 15 is 0 Å². The number of aromatic nitrogens is 2. The summed E-state index contributed by atoms with van der Waals surface area (Å²) >= 11 is 0. The zero-order chi connectivity index (χ0) is 23.2. The Morgan fingerprint density at radius 2 is 1.97 bits per heavy atom. The van der Waals surface area contributed by atoms with Crippen molar-refractivity contribution >= 4 is 16.9 Å². The Balaban J connectivity index is 1.92. The first-order valence-electron chi connectivity index (χ1n) is 10.8. The maximum absolute atomic E-state index is 13.3. The van der Waals surface area contributed by atoms with E-state index in [1.54, 1.807) is 38.3 Å². The van der Waals surface area contributed by atoms with Crippen LogP contribution in [0.2, 0.25) is 0 Å². The number of esters is 1. The molecular formula is C25H28N2O5. The Bertz CT molecular complexity index is 1260. The molecule has 0 radical (unpaired) electrons. The molecule has 0 fully saturated rings. The van der Waals surface area contributed by atoms with Crippen LogP contribution >= 0.6 is 0 Å². The van der Waals surface area contributed by atoms with E-state index in [1.807, 2.05) is 30.3 Å². The van der Waals surface area contributed by atoms with E-state index in [4.69, 9.17) is 9.72 Å². The van der Waals surface area contributed by atoms with Gasteiger partial charge < -0.3 is 19.5 Å². The standard InChI is InChI=1S/C25H28N2O5/c1-5-20(29)21(24(31)32-25(2,3)4)16-11-19-22-15(12-27(19)23(30)17(16)13-28)10-14-8-6-7-9-18(14)26-22/h6-11,20-21,28-29H,5,12-13H2,1-4H3. The predicted molar refractivity (Wildman–Crippen MR) is 121 cm³/mol. The molecule has 0 spiro atoms. The average molecular weight is 437 g/mol. The van der Waals surface area contributed by atoms with Crippen molar-refractivity contribution < 1.29 is 19.7 Å². The summed E-state index contributed by atoms with van der Waals surface area (Å²) in [6.07, 6.45) is -0.782. The van der Waals surface area contributed by atoms with Crippen molar-refractivity contribution in [2.45, 2.75) is 64.9 Å². The minimum Gasteiger partial charge on any atom is -0.459 e. The zero-order valence-electron chi connectivity index (χ0n) is 18.8. The lowest BCUT2D eigenvalue weighted by molar-refractivity contribution is -0.159. The largest absolute Gasteiger partial charge is 0.459 e. The fourth-order valence-electron chi connectivity index (χ4n) is 4.26. The summed E-state index contributed by atoms with van der Waals surface area (Å²) in [6, 6.07) is 11.4. The van der Waals surface area contributed by atoms with Gasteiger partial charge in [-0.3, -0.25) is 9.59 Å². The van der Waals surface area contributed by atoms with Gasteiger partial charge in [0.05, 0.1) is 36.2 Å². The Morgan fingerprint density at radius 1 is 1.25 bits per heavy atom. The lowest BCUT2D eigenvalue weighted by Crippen LogP contribution is -2.36. The van der Waals surface area contributed by atoms with Gasteiger partial charge in [0.15, 0.2) is 0 Å². The van der Waals surface area contributed by atoms with Crippen LogP contribution in [0.3, 0.4) is 0 Å². The van der Waals surface area contributed by atoms with Crippen LogP contribution in [-0.2, 0) is 22.7 Å². The highest BCUT2D eigenvalue weighted by Crippen LogP contribution is 2.36. The van der Waals surface area contributed by atoms with Crippen LogP contribution in [0, 0.1) is 0 Å². The molecule has 3 aromatic rings. The second kappa shape index (κ2) is 8.15. The molecule has 168 valence electrons. The molecule has 1 aromatic carbocycles. The van der Waals surface area contributed by atoms with E-state index in [9.17, 15) is 19.8 Å². The summed E-state index contributed by atoms with van der Waals surface area (Å²) in [4.78, 5) is 31.2. The van der Waals surface area contributed by atoms with Gasteiger partial charge in [-0.05, 0) is 51.0 Å². The molecule has 0 saturated carbocycles. The fraction of sp³-hybridized carbons (Fsp3) is 0.400. The van der Waals surface area contributed by atoms with E-state index in [-0.39, 0.29) is 23.1 Å². The van der Waals surface area contributed by atoms with E-state index in [1.165, 1.54) is 0 Å². The Morgan fingerprint density at radius 3 is 2.62 bits per heavy atom. The SMILES string of the molecule is CCC(O)C(C(=O)OC(C)(C)C)c1cc2n(c(=O)c1CO)Cc1cc3ccccc3nc1-2. The van der Waals surface area contributed by atoms with Crippen molar-refractivity contribution in [2.75, 3.05) is 0 Å². The van der Waals surface area contributed by atoms with Crippen molar-refractivity contribution in [1.82, 2.24) is 9.55 Å². The van der Waals surface area contributed by atoms with Crippen molar-refractivity contribution in [2.24, 2.45) is 0 Å². The number of nitrogens with zero attached hydrogens (tertiary/aromatic N) is 2. The highest BCUT2D eigenvalue weighted by Gasteiger charge is 2.36. The van der Waals surface area contributed by atoms with Gasteiger partial charge in [0.25, 0.3) is 5.56 Å². The number of carbonyl (C=O) groups excluding carboxylic acids is 1. The number of aliphatic hydroxyl groups is 2. The number of para-hydroxylation sites is 1. The third kappa shape index (κ3) is 3.82. The van der Waals surface area contributed by atoms with Crippen LogP contribution in [0.4, 0.5) is 0 Å². The summed E-state index contributed by atoms with van der Waals surface area (Å²) in [5.74, 6) is -1.72. The maximum atomic E-state index is 13.3. The number of hydrogen-bond acceptors (Lipinski definition) is 6. The highest BCUT2D eigenvalue weighted by molar-refractivity contribution is 5.85. The number of hydrogen-bond donors (Lipinski definition) is 2. The first-order valence-corrected chi connectivity index (χ1v) is 10.8. The minimum atomic E-state index is -1.09. The monoisotopic (exact) mass is 436 g/mol. The number of benzene rings is 1. The molecule has 1 aliphatic rings. The molecule has 7 heteroatoms. The lowest BCUT2D eigenvalue weighted by atomic mass is 9.88. The summed E-state index contributed by atoms with van der Waals surface area (Å²) in [5.41, 5.74) is 2.16. The topological polar surface area (TPSA) is 102 Å². The van der Waals surface area contributed by atoms with Gasteiger partial charge in [-0.1, -0.05) is 25.1 Å². The zero-order valence-corrected chi connectivity index (χ0v) is 18.8. The second-order valence-electron chi connectivity index (χ2n) is 9.19.